The van der Waals surface area contributed by atoms with Crippen LogP contribution in [0.25, 0.3) is 11.0 Å². The van der Waals surface area contributed by atoms with Crippen LogP contribution in [0, 0.1) is 0 Å². The van der Waals surface area contributed by atoms with Crippen LogP contribution in [0.3, 0.4) is 0 Å². The van der Waals surface area contributed by atoms with Gasteiger partial charge in [0.15, 0.2) is 0 Å². The van der Waals surface area contributed by atoms with E-state index in [1.165, 1.54) is 12.1 Å². The standard InChI is InChI=1S/C16H11BrN2O3/c17-12-3-1-2-4-13(12)19-16-11(15(18)21)7-9-5-6-10(20)8-14(9)22-16/h1-8,20H,(H2,18,21). The molecule has 3 N–H and O–H groups in total. The first-order valence-electron chi connectivity index (χ1n) is 6.40. The molecule has 110 valence electrons. The van der Waals surface area contributed by atoms with Gasteiger partial charge in [-0.25, -0.2) is 4.99 Å². The molecule has 0 radical (unpaired) electrons. The summed E-state index contributed by atoms with van der Waals surface area (Å²) in [5, 5.41) is 10.2. The maximum absolute atomic E-state index is 11.6. The Balaban J connectivity index is 2.33. The highest BCUT2D eigenvalue weighted by Gasteiger charge is 2.10. The van der Waals surface area contributed by atoms with E-state index in [4.69, 9.17) is 10.2 Å². The molecule has 6 heteroatoms. The number of para-hydroxylation sites is 1. The van der Waals surface area contributed by atoms with Gasteiger partial charge in [0.25, 0.3) is 5.91 Å². The first kappa shape index (κ1) is 14.3. The van der Waals surface area contributed by atoms with E-state index in [9.17, 15) is 9.90 Å². The van der Waals surface area contributed by atoms with E-state index in [-0.39, 0.29) is 16.9 Å². The number of rotatable bonds is 2. The zero-order valence-corrected chi connectivity index (χ0v) is 12.9. The van der Waals surface area contributed by atoms with Crippen molar-refractivity contribution in [2.24, 2.45) is 10.7 Å². The van der Waals surface area contributed by atoms with E-state index in [0.29, 0.717) is 16.7 Å². The maximum atomic E-state index is 11.6. The molecule has 0 fully saturated rings. The molecule has 22 heavy (non-hydrogen) atoms. The number of hydrogen-bond donors (Lipinski definition) is 2. The average Bonchev–Trinajstić information content (AvgIpc) is 2.48. The van der Waals surface area contributed by atoms with Crippen LogP contribution < -0.4 is 11.3 Å². The number of carbonyl (C=O) groups is 1. The van der Waals surface area contributed by atoms with Gasteiger partial charge in [-0.15, -0.1) is 0 Å². The van der Waals surface area contributed by atoms with Crippen molar-refractivity contribution < 1.29 is 14.3 Å². The van der Waals surface area contributed by atoms with E-state index in [1.807, 2.05) is 18.2 Å². The topological polar surface area (TPSA) is 88.8 Å². The Morgan fingerprint density at radius 1 is 1.18 bits per heavy atom. The fourth-order valence-corrected chi connectivity index (χ4v) is 2.39. The second kappa shape index (κ2) is 5.65. The summed E-state index contributed by atoms with van der Waals surface area (Å²) in [7, 11) is 0. The molecule has 0 aliphatic heterocycles. The van der Waals surface area contributed by atoms with Crippen molar-refractivity contribution >= 4 is 38.5 Å². The lowest BCUT2D eigenvalue weighted by Crippen LogP contribution is -2.21. The van der Waals surface area contributed by atoms with Crippen LogP contribution in [0.2, 0.25) is 0 Å². The van der Waals surface area contributed by atoms with Crippen LogP contribution in [-0.2, 0) is 0 Å². The van der Waals surface area contributed by atoms with E-state index in [1.54, 1.807) is 18.2 Å². The molecule has 0 unspecified atom stereocenters. The van der Waals surface area contributed by atoms with Crippen LogP contribution in [0.5, 0.6) is 5.75 Å². The molecule has 1 heterocycles. The predicted molar refractivity (Wildman–Crippen MR) is 85.8 cm³/mol. The first-order valence-corrected chi connectivity index (χ1v) is 7.20. The Bertz CT molecular complexity index is 948. The number of aromatic hydroxyl groups is 1. The molecule has 3 aromatic rings. The number of phenolic OH excluding ortho intramolecular Hbond substituents is 1. The molecule has 0 aliphatic rings. The molecule has 5 nitrogen and oxygen atoms in total. The monoisotopic (exact) mass is 358 g/mol. The fraction of sp³-hybridized carbons (Fsp3) is 0. The van der Waals surface area contributed by atoms with Gasteiger partial charge in [-0.05, 0) is 46.3 Å². The Morgan fingerprint density at radius 3 is 2.68 bits per heavy atom. The number of primary amides is 1. The minimum atomic E-state index is -0.635. The van der Waals surface area contributed by atoms with Crippen LogP contribution in [0.1, 0.15) is 10.4 Å². The summed E-state index contributed by atoms with van der Waals surface area (Å²) >= 11 is 3.39. The molecule has 0 bridgehead atoms. The van der Waals surface area contributed by atoms with Gasteiger partial charge in [-0.2, -0.15) is 0 Å². The Hall–Kier alpha value is -2.60. The van der Waals surface area contributed by atoms with Crippen molar-refractivity contribution in [3.63, 3.8) is 0 Å². The molecule has 1 aromatic heterocycles. The van der Waals surface area contributed by atoms with E-state index in [0.717, 1.165) is 4.47 Å². The summed E-state index contributed by atoms with van der Waals surface area (Å²) in [5.41, 5.74) is 6.69. The lowest BCUT2D eigenvalue weighted by atomic mass is 10.1. The van der Waals surface area contributed by atoms with Crippen LogP contribution in [0.15, 0.2) is 62.4 Å². The molecule has 0 aliphatic carbocycles. The average molecular weight is 359 g/mol. The zero-order chi connectivity index (χ0) is 15.7. The van der Waals surface area contributed by atoms with E-state index < -0.39 is 5.91 Å². The third-order valence-corrected chi connectivity index (χ3v) is 3.74. The Labute approximate surface area is 133 Å². The fourth-order valence-electron chi connectivity index (χ4n) is 2.02. The minimum absolute atomic E-state index is 0.0647. The summed E-state index contributed by atoms with van der Waals surface area (Å²) in [6.45, 7) is 0. The number of carbonyl (C=O) groups excluding carboxylic acids is 1. The van der Waals surface area contributed by atoms with Crippen molar-refractivity contribution in [3.8, 4) is 5.75 Å². The van der Waals surface area contributed by atoms with Gasteiger partial charge < -0.3 is 15.3 Å². The summed E-state index contributed by atoms with van der Waals surface area (Å²) in [4.78, 5) is 16.0. The number of nitrogens with two attached hydrogens (primary N) is 1. The lowest BCUT2D eigenvalue weighted by Gasteiger charge is -2.03. The van der Waals surface area contributed by atoms with Crippen molar-refractivity contribution in [3.05, 3.63) is 64.1 Å². The normalized spacial score (nSPS) is 11.8. The number of amides is 1. The van der Waals surface area contributed by atoms with Gasteiger partial charge in [0.1, 0.15) is 16.9 Å². The van der Waals surface area contributed by atoms with Gasteiger partial charge in [-0.1, -0.05) is 12.1 Å². The summed E-state index contributed by atoms with van der Waals surface area (Å²) < 4.78 is 6.41. The molecule has 0 saturated carbocycles. The van der Waals surface area contributed by atoms with E-state index in [2.05, 4.69) is 20.9 Å². The number of phenols is 1. The van der Waals surface area contributed by atoms with Crippen molar-refractivity contribution in [1.29, 1.82) is 0 Å². The number of fused-ring (bicyclic) bond motifs is 1. The molecule has 3 rings (SSSR count). The molecule has 0 spiro atoms. The Morgan fingerprint density at radius 2 is 1.95 bits per heavy atom. The highest BCUT2D eigenvalue weighted by Crippen LogP contribution is 2.24. The van der Waals surface area contributed by atoms with Crippen LogP contribution in [0.4, 0.5) is 5.69 Å². The van der Waals surface area contributed by atoms with Gasteiger partial charge >= 0.3 is 0 Å². The maximum Gasteiger partial charge on any atom is 0.254 e. The van der Waals surface area contributed by atoms with Crippen molar-refractivity contribution in [1.82, 2.24) is 0 Å². The number of benzene rings is 2. The van der Waals surface area contributed by atoms with Crippen molar-refractivity contribution in [2.45, 2.75) is 0 Å². The van der Waals surface area contributed by atoms with Crippen molar-refractivity contribution in [2.75, 3.05) is 0 Å². The molecule has 1 amide bonds. The highest BCUT2D eigenvalue weighted by atomic mass is 79.9. The molecule has 0 saturated heterocycles. The molecular weight excluding hydrogens is 348 g/mol. The summed E-state index contributed by atoms with van der Waals surface area (Å²) in [5.74, 6) is -0.570. The molecular formula is C16H11BrN2O3. The van der Waals surface area contributed by atoms with Gasteiger partial charge in [-0.3, -0.25) is 4.79 Å². The lowest BCUT2D eigenvalue weighted by molar-refractivity contribution is 0.0996. The third kappa shape index (κ3) is 2.73. The second-order valence-corrected chi connectivity index (χ2v) is 5.47. The third-order valence-electron chi connectivity index (χ3n) is 3.07. The smallest absolute Gasteiger partial charge is 0.254 e. The quantitative estimate of drug-likeness (QED) is 0.736. The zero-order valence-electron chi connectivity index (χ0n) is 11.3. The summed E-state index contributed by atoms with van der Waals surface area (Å²) in [6, 6.07) is 13.5. The second-order valence-electron chi connectivity index (χ2n) is 4.61. The largest absolute Gasteiger partial charge is 0.508 e. The number of halogens is 1. The van der Waals surface area contributed by atoms with Gasteiger partial charge in [0.2, 0.25) is 5.55 Å². The Kier molecular flexibility index (Phi) is 3.68. The number of hydrogen-bond acceptors (Lipinski definition) is 4. The van der Waals surface area contributed by atoms with E-state index >= 15 is 0 Å². The molecule has 2 aromatic carbocycles. The minimum Gasteiger partial charge on any atom is -0.508 e. The van der Waals surface area contributed by atoms with Crippen LogP contribution in [-0.4, -0.2) is 11.0 Å². The molecule has 0 atom stereocenters. The van der Waals surface area contributed by atoms with Crippen LogP contribution >= 0.6 is 15.9 Å². The summed E-state index contributed by atoms with van der Waals surface area (Å²) in [6.07, 6.45) is 0. The van der Waals surface area contributed by atoms with Gasteiger partial charge in [0.05, 0.1) is 5.69 Å². The predicted octanol–water partition coefficient (Wildman–Crippen LogP) is 3.23. The first-order chi connectivity index (χ1) is 10.5. The van der Waals surface area contributed by atoms with Gasteiger partial charge in [0, 0.05) is 15.9 Å². The number of nitrogens with zero attached hydrogens (tertiary/aromatic N) is 1. The SMILES string of the molecule is NC(=O)c1cc2ccc(O)cc2oc1=Nc1ccccc1Br. The highest BCUT2D eigenvalue weighted by molar-refractivity contribution is 9.10.